The lowest BCUT2D eigenvalue weighted by atomic mass is 10.2. The van der Waals surface area contributed by atoms with E-state index < -0.39 is 0 Å². The third kappa shape index (κ3) is 2.09. The molecule has 0 bridgehead atoms. The Morgan fingerprint density at radius 1 is 1.33 bits per heavy atom. The van der Waals surface area contributed by atoms with Gasteiger partial charge in [0.25, 0.3) is 0 Å². The van der Waals surface area contributed by atoms with Crippen molar-refractivity contribution in [1.29, 1.82) is 0 Å². The van der Waals surface area contributed by atoms with E-state index in [9.17, 15) is 5.11 Å². The summed E-state index contributed by atoms with van der Waals surface area (Å²) < 4.78 is 2.71. The van der Waals surface area contributed by atoms with Crippen molar-refractivity contribution in [1.82, 2.24) is 9.78 Å². The molecule has 1 fully saturated rings. The van der Waals surface area contributed by atoms with Gasteiger partial charge in [0, 0.05) is 16.0 Å². The van der Waals surface area contributed by atoms with E-state index in [0.29, 0.717) is 11.1 Å². The second kappa shape index (κ2) is 4.68. The van der Waals surface area contributed by atoms with Crippen LogP contribution in [-0.2, 0) is 6.61 Å². The van der Waals surface area contributed by atoms with Gasteiger partial charge in [0.05, 0.1) is 18.0 Å². The average Bonchev–Trinajstić information content (AvgIpc) is 3.15. The fourth-order valence-corrected chi connectivity index (χ4v) is 2.59. The van der Waals surface area contributed by atoms with Crippen LogP contribution >= 0.6 is 27.5 Å². The average molecular weight is 328 g/mol. The highest BCUT2D eigenvalue weighted by Crippen LogP contribution is 2.43. The first-order chi connectivity index (χ1) is 8.70. The molecule has 3 rings (SSSR count). The molecule has 0 aliphatic heterocycles. The Labute approximate surface area is 119 Å². The summed E-state index contributed by atoms with van der Waals surface area (Å²) in [6, 6.07) is 7.78. The van der Waals surface area contributed by atoms with E-state index in [-0.39, 0.29) is 6.61 Å². The van der Waals surface area contributed by atoms with E-state index in [4.69, 9.17) is 11.6 Å². The van der Waals surface area contributed by atoms with Crippen LogP contribution in [0.3, 0.4) is 0 Å². The Morgan fingerprint density at radius 3 is 2.56 bits per heavy atom. The third-order valence-electron chi connectivity index (χ3n) is 3.15. The zero-order chi connectivity index (χ0) is 12.7. The first-order valence-corrected chi connectivity index (χ1v) is 7.02. The summed E-state index contributed by atoms with van der Waals surface area (Å²) in [6.07, 6.45) is 2.28. The molecule has 2 aromatic rings. The number of hydrogen-bond donors (Lipinski definition) is 1. The van der Waals surface area contributed by atoms with E-state index in [1.165, 1.54) is 0 Å². The van der Waals surface area contributed by atoms with Crippen molar-refractivity contribution in [3.63, 3.8) is 0 Å². The monoisotopic (exact) mass is 326 g/mol. The molecule has 0 unspecified atom stereocenters. The van der Waals surface area contributed by atoms with Crippen molar-refractivity contribution in [3.8, 4) is 5.69 Å². The zero-order valence-corrected chi connectivity index (χ0v) is 11.9. The van der Waals surface area contributed by atoms with Crippen molar-refractivity contribution >= 4 is 27.5 Å². The van der Waals surface area contributed by atoms with E-state index in [1.54, 1.807) is 4.68 Å². The molecule has 18 heavy (non-hydrogen) atoms. The number of aromatic nitrogens is 2. The molecule has 94 valence electrons. The van der Waals surface area contributed by atoms with Crippen molar-refractivity contribution in [2.45, 2.75) is 25.4 Å². The highest BCUT2D eigenvalue weighted by molar-refractivity contribution is 9.10. The van der Waals surface area contributed by atoms with Crippen LogP contribution in [0, 0.1) is 0 Å². The molecule has 0 radical (unpaired) electrons. The minimum atomic E-state index is -0.0544. The summed E-state index contributed by atoms with van der Waals surface area (Å²) in [4.78, 5) is 0. The molecule has 1 N–H and O–H groups in total. The number of hydrogen-bond acceptors (Lipinski definition) is 2. The Morgan fingerprint density at radius 2 is 2.00 bits per heavy atom. The SMILES string of the molecule is OCc1c(C2CC2)nn(-c2ccc(Br)cc2)c1Cl. The highest BCUT2D eigenvalue weighted by atomic mass is 79.9. The Kier molecular flexibility index (Phi) is 3.18. The zero-order valence-electron chi connectivity index (χ0n) is 9.61. The summed E-state index contributed by atoms with van der Waals surface area (Å²) in [5.41, 5.74) is 2.62. The number of benzene rings is 1. The molecule has 1 aromatic carbocycles. The van der Waals surface area contributed by atoms with Crippen molar-refractivity contribution < 1.29 is 5.11 Å². The number of aliphatic hydroxyl groups excluding tert-OH is 1. The predicted molar refractivity (Wildman–Crippen MR) is 74.2 cm³/mol. The van der Waals surface area contributed by atoms with Crippen molar-refractivity contribution in [2.24, 2.45) is 0 Å². The van der Waals surface area contributed by atoms with Gasteiger partial charge in [-0.15, -0.1) is 0 Å². The van der Waals surface area contributed by atoms with E-state index in [2.05, 4.69) is 21.0 Å². The quantitative estimate of drug-likeness (QED) is 0.934. The number of aliphatic hydroxyl groups is 1. The number of nitrogens with zero attached hydrogens (tertiary/aromatic N) is 2. The maximum Gasteiger partial charge on any atom is 0.138 e. The molecule has 1 aliphatic carbocycles. The standard InChI is InChI=1S/C13H12BrClN2O/c14-9-3-5-10(6-4-9)17-13(15)11(7-18)12(16-17)8-1-2-8/h3-6,8,18H,1-2,7H2. The summed E-state index contributed by atoms with van der Waals surface area (Å²) in [7, 11) is 0. The molecule has 1 saturated carbocycles. The molecule has 0 atom stereocenters. The van der Waals surface area contributed by atoms with Gasteiger partial charge >= 0.3 is 0 Å². The maximum absolute atomic E-state index is 9.44. The molecule has 0 saturated heterocycles. The van der Waals surface area contributed by atoms with Crippen LogP contribution in [0.5, 0.6) is 0 Å². The highest BCUT2D eigenvalue weighted by Gasteiger charge is 2.31. The van der Waals surface area contributed by atoms with Crippen LogP contribution in [-0.4, -0.2) is 14.9 Å². The summed E-state index contributed by atoms with van der Waals surface area (Å²) in [5, 5.41) is 14.5. The van der Waals surface area contributed by atoms with Crippen LogP contribution in [0.2, 0.25) is 5.15 Å². The van der Waals surface area contributed by atoms with Crippen molar-refractivity contribution in [3.05, 3.63) is 45.1 Å². The molecule has 1 aliphatic rings. The van der Waals surface area contributed by atoms with Crippen LogP contribution in [0.25, 0.3) is 5.69 Å². The molecule has 1 aromatic heterocycles. The Hall–Kier alpha value is -0.840. The normalized spacial score (nSPS) is 15.1. The van der Waals surface area contributed by atoms with Gasteiger partial charge in [-0.25, -0.2) is 4.68 Å². The Balaban J connectivity index is 2.08. The van der Waals surface area contributed by atoms with E-state index in [0.717, 1.165) is 34.3 Å². The van der Waals surface area contributed by atoms with Gasteiger partial charge in [0.1, 0.15) is 5.15 Å². The lowest BCUT2D eigenvalue weighted by Gasteiger charge is -2.03. The first-order valence-electron chi connectivity index (χ1n) is 5.85. The summed E-state index contributed by atoms with van der Waals surface area (Å²) in [5.74, 6) is 0.473. The molecule has 0 amide bonds. The second-order valence-corrected chi connectivity index (χ2v) is 5.75. The van der Waals surface area contributed by atoms with Crippen LogP contribution in [0.1, 0.15) is 30.0 Å². The lowest BCUT2D eigenvalue weighted by molar-refractivity contribution is 0.280. The van der Waals surface area contributed by atoms with Crippen LogP contribution in [0.4, 0.5) is 0 Å². The summed E-state index contributed by atoms with van der Waals surface area (Å²) >= 11 is 9.70. The second-order valence-electron chi connectivity index (χ2n) is 4.48. The third-order valence-corrected chi connectivity index (χ3v) is 4.06. The largest absolute Gasteiger partial charge is 0.391 e. The molecular formula is C13H12BrClN2O. The van der Waals surface area contributed by atoms with Gasteiger partial charge in [0.15, 0.2) is 0 Å². The maximum atomic E-state index is 9.44. The summed E-state index contributed by atoms with van der Waals surface area (Å²) in [6.45, 7) is -0.0544. The molecule has 1 heterocycles. The molecule has 0 spiro atoms. The molecule has 5 heteroatoms. The van der Waals surface area contributed by atoms with E-state index >= 15 is 0 Å². The molecular weight excluding hydrogens is 316 g/mol. The van der Waals surface area contributed by atoms with Crippen LogP contribution < -0.4 is 0 Å². The smallest absolute Gasteiger partial charge is 0.138 e. The van der Waals surface area contributed by atoms with Gasteiger partial charge in [-0.1, -0.05) is 27.5 Å². The number of rotatable bonds is 3. The molecule has 3 nitrogen and oxygen atoms in total. The topological polar surface area (TPSA) is 38.1 Å². The van der Waals surface area contributed by atoms with Gasteiger partial charge < -0.3 is 5.11 Å². The Bertz CT molecular complexity index is 575. The van der Waals surface area contributed by atoms with Gasteiger partial charge in [-0.2, -0.15) is 5.10 Å². The van der Waals surface area contributed by atoms with E-state index in [1.807, 2.05) is 24.3 Å². The first kappa shape index (κ1) is 12.2. The van der Waals surface area contributed by atoms with Gasteiger partial charge in [-0.05, 0) is 37.1 Å². The fraction of sp³-hybridized carbons (Fsp3) is 0.308. The minimum Gasteiger partial charge on any atom is -0.391 e. The van der Waals surface area contributed by atoms with Crippen molar-refractivity contribution in [2.75, 3.05) is 0 Å². The van der Waals surface area contributed by atoms with Crippen LogP contribution in [0.15, 0.2) is 28.7 Å². The fourth-order valence-electron chi connectivity index (χ4n) is 2.03. The number of halogens is 2. The van der Waals surface area contributed by atoms with Gasteiger partial charge in [-0.3, -0.25) is 0 Å². The van der Waals surface area contributed by atoms with Gasteiger partial charge in [0.2, 0.25) is 0 Å². The lowest BCUT2D eigenvalue weighted by Crippen LogP contribution is -1.96. The predicted octanol–water partition coefficient (Wildman–Crippen LogP) is 3.66. The minimum absolute atomic E-state index is 0.0544.